The van der Waals surface area contributed by atoms with Gasteiger partial charge in [0.05, 0.1) is 12.3 Å². The number of benzene rings is 1. The number of aromatic nitrogens is 2. The molecule has 0 bridgehead atoms. The standard InChI is InChI=1S/C15H18N2O2/c1-4-11-6-8-12(9-7-11)13-10(3)16-14(17-13)15(18)19-5-2/h6-9H,4-5H2,1-3H3,(H,16,17). The van der Waals surface area contributed by atoms with Crippen molar-refractivity contribution in [2.75, 3.05) is 6.61 Å². The molecule has 0 unspecified atom stereocenters. The van der Waals surface area contributed by atoms with E-state index in [0.29, 0.717) is 6.61 Å². The van der Waals surface area contributed by atoms with Gasteiger partial charge in [-0.05, 0) is 25.8 Å². The zero-order chi connectivity index (χ0) is 13.8. The van der Waals surface area contributed by atoms with Crippen molar-refractivity contribution >= 4 is 5.97 Å². The molecule has 0 aliphatic carbocycles. The third-order valence-electron chi connectivity index (χ3n) is 2.99. The molecule has 0 saturated heterocycles. The van der Waals surface area contributed by atoms with Crippen LogP contribution in [0.2, 0.25) is 0 Å². The fraction of sp³-hybridized carbons (Fsp3) is 0.333. The number of H-pyrrole nitrogens is 1. The summed E-state index contributed by atoms with van der Waals surface area (Å²) in [7, 11) is 0. The van der Waals surface area contributed by atoms with Crippen LogP contribution in [0.1, 0.15) is 35.7 Å². The van der Waals surface area contributed by atoms with Gasteiger partial charge in [-0.25, -0.2) is 9.78 Å². The zero-order valence-corrected chi connectivity index (χ0v) is 11.5. The lowest BCUT2D eigenvalue weighted by molar-refractivity contribution is 0.0513. The number of imidazole rings is 1. The largest absolute Gasteiger partial charge is 0.460 e. The quantitative estimate of drug-likeness (QED) is 0.857. The van der Waals surface area contributed by atoms with Crippen molar-refractivity contribution in [3.8, 4) is 11.3 Å². The van der Waals surface area contributed by atoms with Gasteiger partial charge in [-0.3, -0.25) is 0 Å². The fourth-order valence-electron chi connectivity index (χ4n) is 1.94. The van der Waals surface area contributed by atoms with E-state index in [1.54, 1.807) is 6.92 Å². The van der Waals surface area contributed by atoms with E-state index >= 15 is 0 Å². The molecule has 0 spiro atoms. The molecule has 19 heavy (non-hydrogen) atoms. The van der Waals surface area contributed by atoms with Crippen LogP contribution in [-0.4, -0.2) is 22.5 Å². The number of hydrogen-bond acceptors (Lipinski definition) is 3. The van der Waals surface area contributed by atoms with Crippen molar-refractivity contribution in [2.24, 2.45) is 0 Å². The first-order chi connectivity index (χ1) is 9.15. The van der Waals surface area contributed by atoms with E-state index in [2.05, 4.69) is 29.0 Å². The van der Waals surface area contributed by atoms with Crippen molar-refractivity contribution in [2.45, 2.75) is 27.2 Å². The smallest absolute Gasteiger partial charge is 0.374 e. The lowest BCUT2D eigenvalue weighted by Crippen LogP contribution is -2.06. The minimum absolute atomic E-state index is 0.258. The summed E-state index contributed by atoms with van der Waals surface area (Å²) < 4.78 is 4.94. The second kappa shape index (κ2) is 5.69. The molecular formula is C15H18N2O2. The SMILES string of the molecule is CCOC(=O)c1nc(-c2ccc(CC)cc2)c(C)[nH]1. The van der Waals surface area contributed by atoms with Gasteiger partial charge in [0.1, 0.15) is 0 Å². The Labute approximate surface area is 112 Å². The highest BCUT2D eigenvalue weighted by molar-refractivity contribution is 5.86. The molecule has 100 valence electrons. The molecule has 0 fully saturated rings. The first kappa shape index (κ1) is 13.3. The van der Waals surface area contributed by atoms with Gasteiger partial charge < -0.3 is 9.72 Å². The average Bonchev–Trinajstić information content (AvgIpc) is 2.81. The Morgan fingerprint density at radius 2 is 1.95 bits per heavy atom. The van der Waals surface area contributed by atoms with Gasteiger partial charge in [-0.1, -0.05) is 31.2 Å². The number of aryl methyl sites for hydroxylation is 2. The highest BCUT2D eigenvalue weighted by Crippen LogP contribution is 2.22. The first-order valence-electron chi connectivity index (χ1n) is 6.48. The number of esters is 1. The van der Waals surface area contributed by atoms with Crippen LogP contribution in [-0.2, 0) is 11.2 Å². The van der Waals surface area contributed by atoms with E-state index in [9.17, 15) is 4.79 Å². The van der Waals surface area contributed by atoms with Gasteiger partial charge in [0.25, 0.3) is 0 Å². The number of nitrogens with one attached hydrogen (secondary N) is 1. The average molecular weight is 258 g/mol. The van der Waals surface area contributed by atoms with Crippen molar-refractivity contribution in [1.82, 2.24) is 9.97 Å². The predicted octanol–water partition coefficient (Wildman–Crippen LogP) is 3.12. The molecule has 1 heterocycles. The van der Waals surface area contributed by atoms with E-state index in [1.807, 2.05) is 19.1 Å². The number of carbonyl (C=O) groups excluding carboxylic acids is 1. The molecule has 0 radical (unpaired) electrons. The van der Waals surface area contributed by atoms with Crippen LogP contribution in [0.25, 0.3) is 11.3 Å². The maximum atomic E-state index is 11.6. The van der Waals surface area contributed by atoms with Crippen LogP contribution in [0.4, 0.5) is 0 Å². The predicted molar refractivity (Wildman–Crippen MR) is 74.1 cm³/mol. The first-order valence-corrected chi connectivity index (χ1v) is 6.48. The van der Waals surface area contributed by atoms with E-state index in [-0.39, 0.29) is 5.82 Å². The van der Waals surface area contributed by atoms with E-state index in [4.69, 9.17) is 4.74 Å². The Morgan fingerprint density at radius 3 is 2.53 bits per heavy atom. The molecule has 2 aromatic rings. The highest BCUT2D eigenvalue weighted by atomic mass is 16.5. The molecule has 4 heteroatoms. The lowest BCUT2D eigenvalue weighted by Gasteiger charge is -2.00. The second-order valence-corrected chi connectivity index (χ2v) is 4.33. The summed E-state index contributed by atoms with van der Waals surface area (Å²) in [5.41, 5.74) is 3.95. The van der Waals surface area contributed by atoms with Crippen molar-refractivity contribution in [3.63, 3.8) is 0 Å². The monoisotopic (exact) mass is 258 g/mol. The summed E-state index contributed by atoms with van der Waals surface area (Å²) >= 11 is 0. The molecule has 1 N–H and O–H groups in total. The third kappa shape index (κ3) is 2.84. The highest BCUT2D eigenvalue weighted by Gasteiger charge is 2.15. The summed E-state index contributed by atoms with van der Waals surface area (Å²) in [4.78, 5) is 18.9. The van der Waals surface area contributed by atoms with Crippen LogP contribution in [0.5, 0.6) is 0 Å². The van der Waals surface area contributed by atoms with E-state index in [1.165, 1.54) is 5.56 Å². The van der Waals surface area contributed by atoms with Gasteiger partial charge >= 0.3 is 5.97 Å². The Bertz CT molecular complexity index is 570. The molecule has 4 nitrogen and oxygen atoms in total. The van der Waals surface area contributed by atoms with Gasteiger partial charge in [0.2, 0.25) is 5.82 Å². The summed E-state index contributed by atoms with van der Waals surface area (Å²) in [6.07, 6.45) is 1.01. The molecular weight excluding hydrogens is 240 g/mol. The molecule has 0 aliphatic rings. The number of rotatable bonds is 4. The molecule has 0 aliphatic heterocycles. The zero-order valence-electron chi connectivity index (χ0n) is 11.5. The Balaban J connectivity index is 2.31. The number of hydrogen-bond donors (Lipinski definition) is 1. The molecule has 0 amide bonds. The minimum Gasteiger partial charge on any atom is -0.460 e. The van der Waals surface area contributed by atoms with Crippen LogP contribution in [0.15, 0.2) is 24.3 Å². The molecule has 0 saturated carbocycles. The fourth-order valence-corrected chi connectivity index (χ4v) is 1.94. The normalized spacial score (nSPS) is 10.5. The van der Waals surface area contributed by atoms with Gasteiger partial charge in [-0.15, -0.1) is 0 Å². The maximum absolute atomic E-state index is 11.6. The summed E-state index contributed by atoms with van der Waals surface area (Å²) in [6, 6.07) is 8.20. The topological polar surface area (TPSA) is 55.0 Å². The van der Waals surface area contributed by atoms with Crippen molar-refractivity contribution in [1.29, 1.82) is 0 Å². The minimum atomic E-state index is -0.415. The van der Waals surface area contributed by atoms with Crippen molar-refractivity contribution < 1.29 is 9.53 Å². The lowest BCUT2D eigenvalue weighted by atomic mass is 10.1. The van der Waals surface area contributed by atoms with Crippen LogP contribution in [0, 0.1) is 6.92 Å². The van der Waals surface area contributed by atoms with Gasteiger partial charge in [-0.2, -0.15) is 0 Å². The number of ether oxygens (including phenoxy) is 1. The molecule has 1 aromatic heterocycles. The third-order valence-corrected chi connectivity index (χ3v) is 2.99. The Morgan fingerprint density at radius 1 is 1.26 bits per heavy atom. The summed E-state index contributed by atoms with van der Waals surface area (Å²) in [5, 5.41) is 0. The Hall–Kier alpha value is -2.10. The van der Waals surface area contributed by atoms with Crippen molar-refractivity contribution in [3.05, 3.63) is 41.3 Å². The second-order valence-electron chi connectivity index (χ2n) is 4.33. The number of nitrogens with zero attached hydrogens (tertiary/aromatic N) is 1. The van der Waals surface area contributed by atoms with Crippen LogP contribution in [0.3, 0.4) is 0 Å². The van der Waals surface area contributed by atoms with Crippen LogP contribution >= 0.6 is 0 Å². The van der Waals surface area contributed by atoms with Crippen LogP contribution < -0.4 is 0 Å². The summed E-state index contributed by atoms with van der Waals surface area (Å²) in [5.74, 6) is -0.157. The van der Waals surface area contributed by atoms with Gasteiger partial charge in [0, 0.05) is 11.3 Å². The molecule has 0 atom stereocenters. The molecule has 2 rings (SSSR count). The summed E-state index contributed by atoms with van der Waals surface area (Å²) in [6.45, 7) is 6.14. The number of aromatic amines is 1. The van der Waals surface area contributed by atoms with E-state index in [0.717, 1.165) is 23.4 Å². The van der Waals surface area contributed by atoms with Gasteiger partial charge in [0.15, 0.2) is 0 Å². The Kier molecular flexibility index (Phi) is 4.00. The number of carbonyl (C=O) groups is 1. The van der Waals surface area contributed by atoms with E-state index < -0.39 is 5.97 Å². The molecule has 1 aromatic carbocycles. The maximum Gasteiger partial charge on any atom is 0.374 e.